The average Bonchev–Trinajstić information content (AvgIpc) is 1.87. The summed E-state index contributed by atoms with van der Waals surface area (Å²) in [5, 5.41) is 0. The van der Waals surface area contributed by atoms with Gasteiger partial charge in [-0.1, -0.05) is 6.07 Å². The Kier molecular flexibility index (Phi) is 7.91. The Hall–Kier alpha value is 0.750. The Balaban J connectivity index is 0.000000218. The van der Waals surface area contributed by atoms with Crippen molar-refractivity contribution in [1.82, 2.24) is 4.98 Å². The van der Waals surface area contributed by atoms with Crippen LogP contribution in [-0.2, 0) is 0 Å². The molecule has 1 rings (SSSR count). The quantitative estimate of drug-likeness (QED) is 0.646. The summed E-state index contributed by atoms with van der Waals surface area (Å²) in [6.07, 6.45) is 1.79. The van der Waals surface area contributed by atoms with Crippen LogP contribution in [0.15, 0.2) is 24.4 Å². The molecule has 0 aliphatic carbocycles. The normalized spacial score (nSPS) is 9.64. The molecule has 1 aromatic rings. The van der Waals surface area contributed by atoms with E-state index in [0.717, 1.165) is 5.69 Å². The van der Waals surface area contributed by atoms with E-state index in [1.165, 1.54) is 0 Å². The summed E-state index contributed by atoms with van der Waals surface area (Å²) < 4.78 is 0. The number of aromatic nitrogens is 1. The minimum atomic E-state index is -1.85. The second-order valence-corrected chi connectivity index (χ2v) is 11.3. The number of aryl methyl sites for hydroxylation is 1. The van der Waals surface area contributed by atoms with Crippen molar-refractivity contribution in [2.45, 2.75) is 6.92 Å². The molecule has 0 atom stereocenters. The molecule has 0 unspecified atom stereocenters. The molecule has 64 valence electrons. The Morgan fingerprint density at radius 2 is 1.82 bits per heavy atom. The number of hydrogen-bond acceptors (Lipinski definition) is 1. The van der Waals surface area contributed by atoms with Gasteiger partial charge in [0.2, 0.25) is 0 Å². The van der Waals surface area contributed by atoms with Crippen molar-refractivity contribution >= 4 is 43.2 Å². The van der Waals surface area contributed by atoms with Crippen LogP contribution in [0.5, 0.6) is 0 Å². The van der Waals surface area contributed by atoms with Gasteiger partial charge in [0.15, 0.2) is 0 Å². The van der Waals surface area contributed by atoms with Crippen molar-refractivity contribution in [3.8, 4) is 0 Å². The van der Waals surface area contributed by atoms with Gasteiger partial charge >= 0.3 is 43.2 Å². The summed E-state index contributed by atoms with van der Waals surface area (Å²) >= 11 is -1.85. The molecule has 0 aliphatic rings. The Morgan fingerprint density at radius 3 is 2.00 bits per heavy atom. The SMILES string of the molecule is Cc1ccccn1.ClI(Cl)Cl. The Labute approximate surface area is 84.6 Å². The van der Waals surface area contributed by atoms with Crippen molar-refractivity contribution in [3.63, 3.8) is 0 Å². The van der Waals surface area contributed by atoms with Crippen LogP contribution in [0.4, 0.5) is 0 Å². The number of rotatable bonds is 0. The summed E-state index contributed by atoms with van der Waals surface area (Å²) in [7, 11) is 14.9. The van der Waals surface area contributed by atoms with Gasteiger partial charge in [-0.15, -0.1) is 0 Å². The molecule has 0 N–H and O–H groups in total. The van der Waals surface area contributed by atoms with Crippen molar-refractivity contribution in [3.05, 3.63) is 30.1 Å². The zero-order chi connectivity index (χ0) is 8.69. The van der Waals surface area contributed by atoms with E-state index < -0.39 is 16.4 Å². The molecular formula is C6H7Cl3IN. The van der Waals surface area contributed by atoms with Crippen LogP contribution in [0.25, 0.3) is 0 Å². The monoisotopic (exact) mass is 325 g/mol. The maximum atomic E-state index is 4.96. The molecule has 0 amide bonds. The summed E-state index contributed by atoms with van der Waals surface area (Å²) in [4.78, 5) is 3.98. The third-order valence-electron chi connectivity index (χ3n) is 0.813. The molecule has 0 aliphatic heterocycles. The van der Waals surface area contributed by atoms with E-state index in [0.29, 0.717) is 0 Å². The Morgan fingerprint density at radius 1 is 1.27 bits per heavy atom. The van der Waals surface area contributed by atoms with Crippen LogP contribution in [0.1, 0.15) is 5.69 Å². The van der Waals surface area contributed by atoms with Gasteiger partial charge in [-0.2, -0.15) is 0 Å². The minimum absolute atomic E-state index is 1.07. The van der Waals surface area contributed by atoms with Gasteiger partial charge in [0.1, 0.15) is 0 Å². The van der Waals surface area contributed by atoms with Crippen LogP contribution >= 0.6 is 43.2 Å². The summed E-state index contributed by atoms with van der Waals surface area (Å²) in [5.41, 5.74) is 1.07. The van der Waals surface area contributed by atoms with E-state index in [9.17, 15) is 0 Å². The van der Waals surface area contributed by atoms with Crippen molar-refractivity contribution in [1.29, 1.82) is 0 Å². The molecule has 1 nitrogen and oxygen atoms in total. The van der Waals surface area contributed by atoms with Crippen LogP contribution in [0.3, 0.4) is 0 Å². The van der Waals surface area contributed by atoms with Crippen molar-refractivity contribution in [2.75, 3.05) is 0 Å². The topological polar surface area (TPSA) is 12.9 Å². The summed E-state index contributed by atoms with van der Waals surface area (Å²) in [5.74, 6) is 0. The van der Waals surface area contributed by atoms with Gasteiger partial charge in [-0.05, 0) is 19.1 Å². The van der Waals surface area contributed by atoms with E-state index in [2.05, 4.69) is 4.98 Å². The fourth-order valence-corrected chi connectivity index (χ4v) is 0.448. The molecule has 0 saturated heterocycles. The number of hydrogen-bond donors (Lipinski definition) is 0. The van der Waals surface area contributed by atoms with Gasteiger partial charge in [0.05, 0.1) is 0 Å². The molecule has 1 aromatic heterocycles. The van der Waals surface area contributed by atoms with E-state index in [1.54, 1.807) is 6.20 Å². The van der Waals surface area contributed by atoms with E-state index in [-0.39, 0.29) is 0 Å². The fraction of sp³-hybridized carbons (Fsp3) is 0.167. The predicted octanol–water partition coefficient (Wildman–Crippen LogP) is 4.34. The summed E-state index contributed by atoms with van der Waals surface area (Å²) in [6, 6.07) is 5.86. The average molecular weight is 326 g/mol. The molecule has 11 heavy (non-hydrogen) atoms. The maximum absolute atomic E-state index is 4.96. The summed E-state index contributed by atoms with van der Waals surface area (Å²) in [6.45, 7) is 1.97. The third kappa shape index (κ3) is 10.8. The van der Waals surface area contributed by atoms with E-state index in [4.69, 9.17) is 26.7 Å². The van der Waals surface area contributed by atoms with E-state index in [1.807, 2.05) is 25.1 Å². The first kappa shape index (κ1) is 11.8. The van der Waals surface area contributed by atoms with Crippen molar-refractivity contribution in [2.24, 2.45) is 0 Å². The molecular weight excluding hydrogens is 319 g/mol. The predicted molar refractivity (Wildman–Crippen MR) is 60.6 cm³/mol. The van der Waals surface area contributed by atoms with Crippen LogP contribution < -0.4 is 0 Å². The number of pyridine rings is 1. The van der Waals surface area contributed by atoms with Gasteiger partial charge in [-0.25, -0.2) is 0 Å². The zero-order valence-corrected chi connectivity index (χ0v) is 10.2. The number of nitrogens with zero attached hydrogens (tertiary/aromatic N) is 1. The fourth-order valence-electron chi connectivity index (χ4n) is 0.448. The zero-order valence-electron chi connectivity index (χ0n) is 5.77. The van der Waals surface area contributed by atoms with Crippen LogP contribution in [-0.4, -0.2) is 4.98 Å². The molecule has 0 fully saturated rings. The molecule has 1 heterocycles. The van der Waals surface area contributed by atoms with Crippen LogP contribution in [0.2, 0.25) is 0 Å². The first-order valence-corrected chi connectivity index (χ1v) is 10.9. The van der Waals surface area contributed by atoms with Crippen molar-refractivity contribution < 1.29 is 0 Å². The standard InChI is InChI=1S/C6H7N.Cl3I/c1-6-4-2-3-5-7-6;1-4(2)3/h2-5H,1H3;. The molecule has 0 bridgehead atoms. The second-order valence-electron chi connectivity index (χ2n) is 1.63. The van der Waals surface area contributed by atoms with Gasteiger partial charge in [0, 0.05) is 11.9 Å². The Bertz CT molecular complexity index is 178. The third-order valence-corrected chi connectivity index (χ3v) is 0.813. The van der Waals surface area contributed by atoms with Gasteiger partial charge < -0.3 is 0 Å². The first-order valence-electron chi connectivity index (χ1n) is 2.70. The molecule has 5 heteroatoms. The van der Waals surface area contributed by atoms with Gasteiger partial charge in [0.25, 0.3) is 0 Å². The van der Waals surface area contributed by atoms with Crippen LogP contribution in [0, 0.1) is 6.92 Å². The molecule has 0 aromatic carbocycles. The second kappa shape index (κ2) is 7.40. The molecule has 0 saturated carbocycles. The number of halogens is 4. The molecule has 0 spiro atoms. The van der Waals surface area contributed by atoms with E-state index >= 15 is 0 Å². The van der Waals surface area contributed by atoms with Gasteiger partial charge in [-0.3, -0.25) is 4.98 Å². The molecule has 0 radical (unpaired) electrons. The first-order chi connectivity index (χ1) is 5.13.